The third-order valence-electron chi connectivity index (χ3n) is 7.88. The van der Waals surface area contributed by atoms with Gasteiger partial charge in [0, 0.05) is 36.4 Å². The maximum Gasteiger partial charge on any atom is 0.410 e. The molecule has 1 N–H and O–H groups in total. The Bertz CT molecular complexity index is 1250. The molecule has 0 aromatic heterocycles. The van der Waals surface area contributed by atoms with Crippen molar-refractivity contribution in [2.24, 2.45) is 0 Å². The molecule has 4 heteroatoms. The molecule has 0 radical (unpaired) electrons. The molecular weight excluding hydrogens is 422 g/mol. The van der Waals surface area contributed by atoms with E-state index in [0.29, 0.717) is 19.4 Å². The van der Waals surface area contributed by atoms with Crippen LogP contribution in [0.2, 0.25) is 0 Å². The molecule has 2 fully saturated rings. The molecule has 2 heterocycles. The minimum atomic E-state index is -0.973. The minimum absolute atomic E-state index is 0.0334. The Kier molecular flexibility index (Phi) is 4.97. The van der Waals surface area contributed by atoms with Crippen LogP contribution in [0.4, 0.5) is 4.79 Å². The Labute approximate surface area is 200 Å². The van der Waals surface area contributed by atoms with Gasteiger partial charge >= 0.3 is 6.09 Å². The molecule has 1 amide bonds. The van der Waals surface area contributed by atoms with Gasteiger partial charge in [0.05, 0.1) is 5.60 Å². The van der Waals surface area contributed by atoms with Crippen LogP contribution in [-0.4, -0.2) is 34.8 Å². The minimum Gasteiger partial charge on any atom is -0.448 e. The summed E-state index contributed by atoms with van der Waals surface area (Å²) in [4.78, 5) is 15.2. The van der Waals surface area contributed by atoms with Gasteiger partial charge in [-0.1, -0.05) is 66.6 Å². The van der Waals surface area contributed by atoms with Crippen LogP contribution in [0.1, 0.15) is 53.9 Å². The van der Waals surface area contributed by atoms with E-state index in [-0.39, 0.29) is 24.1 Å². The van der Waals surface area contributed by atoms with Crippen molar-refractivity contribution in [1.82, 2.24) is 4.90 Å². The van der Waals surface area contributed by atoms with E-state index in [9.17, 15) is 9.90 Å². The van der Waals surface area contributed by atoms with E-state index in [1.807, 2.05) is 41.3 Å². The van der Waals surface area contributed by atoms with Gasteiger partial charge < -0.3 is 14.7 Å². The first-order chi connectivity index (χ1) is 16.6. The topological polar surface area (TPSA) is 49.8 Å². The highest BCUT2D eigenvalue weighted by Gasteiger charge is 2.50. The van der Waals surface area contributed by atoms with Crippen LogP contribution in [0.3, 0.4) is 0 Å². The van der Waals surface area contributed by atoms with E-state index in [4.69, 9.17) is 11.2 Å². The van der Waals surface area contributed by atoms with Crippen LogP contribution in [0.25, 0.3) is 11.1 Å². The summed E-state index contributed by atoms with van der Waals surface area (Å²) < 4.78 is 5.95. The van der Waals surface area contributed by atoms with Gasteiger partial charge in [-0.05, 0) is 52.8 Å². The van der Waals surface area contributed by atoms with Crippen molar-refractivity contribution < 1.29 is 14.6 Å². The molecule has 170 valence electrons. The zero-order chi connectivity index (χ0) is 23.3. The molecule has 34 heavy (non-hydrogen) atoms. The van der Waals surface area contributed by atoms with Gasteiger partial charge in [-0.25, -0.2) is 4.79 Å². The van der Waals surface area contributed by atoms with E-state index in [2.05, 4.69) is 42.3 Å². The number of carbonyl (C=O) groups excluding carboxylic acids is 1. The fourth-order valence-electron chi connectivity index (χ4n) is 6.33. The Hall–Kier alpha value is -3.55. The zero-order valence-corrected chi connectivity index (χ0v) is 19.0. The summed E-state index contributed by atoms with van der Waals surface area (Å²) in [6.45, 7) is 0.317. The third-order valence-corrected chi connectivity index (χ3v) is 7.88. The molecule has 2 atom stereocenters. The van der Waals surface area contributed by atoms with Gasteiger partial charge in [0.25, 0.3) is 0 Å². The number of amides is 1. The van der Waals surface area contributed by atoms with Crippen LogP contribution in [-0.2, 0) is 10.3 Å². The number of hydrogen-bond acceptors (Lipinski definition) is 3. The largest absolute Gasteiger partial charge is 0.448 e. The highest BCUT2D eigenvalue weighted by atomic mass is 16.6. The predicted octanol–water partition coefficient (Wildman–Crippen LogP) is 5.43. The number of carbonyl (C=O) groups is 1. The van der Waals surface area contributed by atoms with Gasteiger partial charge in [0.15, 0.2) is 0 Å². The van der Waals surface area contributed by atoms with Crippen molar-refractivity contribution in [3.63, 3.8) is 0 Å². The first kappa shape index (κ1) is 21.0. The van der Waals surface area contributed by atoms with E-state index < -0.39 is 5.60 Å². The standard InChI is InChI=1S/C30H27NO3/c1-2-20-8-7-9-21(16-20)30(33)17-22-14-15-23(18-30)31(22)29(32)34-19-28-26-12-5-3-10-24(26)25-11-4-6-13-27(25)28/h1,3-13,16,22-23,28,33H,14-15,17-19H2. The summed E-state index contributed by atoms with van der Waals surface area (Å²) in [6.07, 6.45) is 8.06. The van der Waals surface area contributed by atoms with Crippen LogP contribution in [0.15, 0.2) is 72.8 Å². The number of nitrogens with zero attached hydrogens (tertiary/aromatic N) is 1. The number of hydrogen-bond donors (Lipinski definition) is 1. The van der Waals surface area contributed by atoms with E-state index in [1.54, 1.807) is 0 Å². The molecular formula is C30H27NO3. The number of rotatable bonds is 3. The monoisotopic (exact) mass is 449 g/mol. The SMILES string of the molecule is C#Cc1cccc(C2(O)CC3CCC(C2)N3C(=O)OCC2c3ccccc3-c3ccccc32)c1. The Morgan fingerprint density at radius 3 is 2.21 bits per heavy atom. The van der Waals surface area contributed by atoms with Crippen LogP contribution < -0.4 is 0 Å². The van der Waals surface area contributed by atoms with Gasteiger partial charge in [0.1, 0.15) is 6.61 Å². The Morgan fingerprint density at radius 1 is 0.971 bits per heavy atom. The maximum absolute atomic E-state index is 13.3. The summed E-state index contributed by atoms with van der Waals surface area (Å²) in [7, 11) is 0. The second-order valence-electron chi connectivity index (χ2n) is 9.76. The molecule has 6 rings (SSSR count). The smallest absolute Gasteiger partial charge is 0.410 e. The molecule has 2 bridgehead atoms. The van der Waals surface area contributed by atoms with Crippen molar-refractivity contribution in [2.45, 2.75) is 49.3 Å². The number of ether oxygens (including phenoxy) is 1. The van der Waals surface area contributed by atoms with Crippen LogP contribution >= 0.6 is 0 Å². The molecule has 3 aromatic carbocycles. The molecule has 2 aliphatic heterocycles. The number of aliphatic hydroxyl groups is 1. The fourth-order valence-corrected chi connectivity index (χ4v) is 6.33. The van der Waals surface area contributed by atoms with Crippen molar-refractivity contribution in [2.75, 3.05) is 6.61 Å². The number of fused-ring (bicyclic) bond motifs is 5. The quantitative estimate of drug-likeness (QED) is 0.543. The highest BCUT2D eigenvalue weighted by Crippen LogP contribution is 2.47. The Morgan fingerprint density at radius 2 is 1.59 bits per heavy atom. The van der Waals surface area contributed by atoms with Gasteiger partial charge in [0.2, 0.25) is 0 Å². The normalized spacial score (nSPS) is 24.9. The molecule has 0 spiro atoms. The van der Waals surface area contributed by atoms with Crippen molar-refractivity contribution in [3.8, 4) is 23.5 Å². The summed E-state index contributed by atoms with van der Waals surface area (Å²) in [5, 5.41) is 11.5. The van der Waals surface area contributed by atoms with Crippen molar-refractivity contribution >= 4 is 6.09 Å². The lowest BCUT2D eigenvalue weighted by atomic mass is 9.80. The maximum atomic E-state index is 13.3. The number of piperidine rings is 1. The summed E-state index contributed by atoms with van der Waals surface area (Å²) in [5.74, 6) is 2.69. The van der Waals surface area contributed by atoms with Crippen molar-refractivity contribution in [3.05, 3.63) is 95.1 Å². The summed E-state index contributed by atoms with van der Waals surface area (Å²) in [6, 6.07) is 24.2. The number of benzene rings is 3. The van der Waals surface area contributed by atoms with E-state index in [0.717, 1.165) is 24.0 Å². The molecule has 1 aliphatic carbocycles. The third kappa shape index (κ3) is 3.31. The molecule has 3 aliphatic rings. The molecule has 3 aromatic rings. The predicted molar refractivity (Wildman–Crippen MR) is 131 cm³/mol. The highest BCUT2D eigenvalue weighted by molar-refractivity contribution is 5.79. The van der Waals surface area contributed by atoms with E-state index >= 15 is 0 Å². The lowest BCUT2D eigenvalue weighted by molar-refractivity contribution is -0.0531. The van der Waals surface area contributed by atoms with Crippen molar-refractivity contribution in [1.29, 1.82) is 0 Å². The van der Waals surface area contributed by atoms with E-state index in [1.165, 1.54) is 22.3 Å². The second kappa shape index (κ2) is 8.04. The average Bonchev–Trinajstić information content (AvgIpc) is 3.34. The lowest BCUT2D eigenvalue weighted by Gasteiger charge is -2.43. The molecule has 4 nitrogen and oxygen atoms in total. The first-order valence-electron chi connectivity index (χ1n) is 12.0. The second-order valence-corrected chi connectivity index (χ2v) is 9.76. The van der Waals surface area contributed by atoms with Crippen LogP contribution in [0, 0.1) is 12.3 Å². The summed E-state index contributed by atoms with van der Waals surface area (Å²) >= 11 is 0. The van der Waals surface area contributed by atoms with Gasteiger partial charge in [-0.3, -0.25) is 0 Å². The van der Waals surface area contributed by atoms with Gasteiger partial charge in [-0.2, -0.15) is 0 Å². The molecule has 2 saturated heterocycles. The van der Waals surface area contributed by atoms with Crippen LogP contribution in [0.5, 0.6) is 0 Å². The average molecular weight is 450 g/mol. The first-order valence-corrected chi connectivity index (χ1v) is 12.0. The lowest BCUT2D eigenvalue weighted by Crippen LogP contribution is -2.52. The fraction of sp³-hybridized carbons (Fsp3) is 0.300. The Balaban J connectivity index is 1.19. The zero-order valence-electron chi connectivity index (χ0n) is 19.0. The summed E-state index contributed by atoms with van der Waals surface area (Å²) in [5.41, 5.74) is 5.48. The van der Waals surface area contributed by atoms with Gasteiger partial charge in [-0.15, -0.1) is 6.42 Å². The molecule has 2 unspecified atom stereocenters. The molecule has 0 saturated carbocycles. The number of terminal acetylenes is 1.